The predicted molar refractivity (Wildman–Crippen MR) is 74.7 cm³/mol. The van der Waals surface area contributed by atoms with E-state index >= 15 is 0 Å². The molecule has 0 spiro atoms. The summed E-state index contributed by atoms with van der Waals surface area (Å²) < 4.78 is 0. The lowest BCUT2D eigenvalue weighted by atomic mass is 10.3. The molecule has 2 rings (SSSR count). The lowest BCUT2D eigenvalue weighted by Gasteiger charge is -2.18. The molecule has 0 aliphatic carbocycles. The van der Waals surface area contributed by atoms with Crippen molar-refractivity contribution in [2.45, 2.75) is 0 Å². The molecule has 0 heterocycles. The number of benzene rings is 2. The monoisotopic (exact) mass is 241 g/mol. The van der Waals surface area contributed by atoms with E-state index in [9.17, 15) is 4.79 Å². The summed E-state index contributed by atoms with van der Waals surface area (Å²) in [6.45, 7) is 0. The Morgan fingerprint density at radius 1 is 1.11 bits per heavy atom. The molecule has 0 radical (unpaired) electrons. The van der Waals surface area contributed by atoms with Gasteiger partial charge in [-0.25, -0.2) is 4.79 Å². The van der Waals surface area contributed by atoms with Gasteiger partial charge in [-0.05, 0) is 30.3 Å². The third kappa shape index (κ3) is 2.79. The van der Waals surface area contributed by atoms with Gasteiger partial charge in [0.1, 0.15) is 0 Å². The lowest BCUT2D eigenvalue weighted by Crippen LogP contribution is -2.31. The van der Waals surface area contributed by atoms with E-state index in [1.165, 1.54) is 0 Å². The van der Waals surface area contributed by atoms with Crippen molar-refractivity contribution < 1.29 is 4.79 Å². The van der Waals surface area contributed by atoms with Crippen LogP contribution in [0.15, 0.2) is 54.6 Å². The molecule has 0 fully saturated rings. The highest BCUT2D eigenvalue weighted by Crippen LogP contribution is 2.15. The molecule has 2 amide bonds. The van der Waals surface area contributed by atoms with Gasteiger partial charge in [-0.3, -0.25) is 4.90 Å². The fourth-order valence-electron chi connectivity index (χ4n) is 1.59. The summed E-state index contributed by atoms with van der Waals surface area (Å²) in [6.07, 6.45) is 0. The van der Waals surface area contributed by atoms with Crippen LogP contribution in [-0.2, 0) is 0 Å². The number of anilines is 3. The van der Waals surface area contributed by atoms with Crippen molar-refractivity contribution >= 4 is 23.1 Å². The normalized spacial score (nSPS) is 9.83. The van der Waals surface area contributed by atoms with E-state index in [-0.39, 0.29) is 6.03 Å². The van der Waals surface area contributed by atoms with Gasteiger partial charge in [-0.1, -0.05) is 24.3 Å². The highest BCUT2D eigenvalue weighted by atomic mass is 16.2. The summed E-state index contributed by atoms with van der Waals surface area (Å²) in [4.78, 5) is 13.5. The zero-order valence-electron chi connectivity index (χ0n) is 10.1. The molecule has 0 saturated carbocycles. The Morgan fingerprint density at radius 3 is 2.50 bits per heavy atom. The smallest absolute Gasteiger partial charge is 0.326 e. The molecular weight excluding hydrogens is 226 g/mol. The Balaban J connectivity index is 2.09. The van der Waals surface area contributed by atoms with Crippen molar-refractivity contribution in [3.63, 3.8) is 0 Å². The number of nitrogens with two attached hydrogens (primary N) is 1. The minimum absolute atomic E-state index is 0.202. The van der Waals surface area contributed by atoms with Crippen molar-refractivity contribution in [3.05, 3.63) is 54.6 Å². The van der Waals surface area contributed by atoms with E-state index in [0.29, 0.717) is 11.4 Å². The van der Waals surface area contributed by atoms with Crippen LogP contribution in [0.3, 0.4) is 0 Å². The third-order valence-electron chi connectivity index (χ3n) is 2.59. The number of nitrogens with zero attached hydrogens (tertiary/aromatic N) is 1. The SMILES string of the molecule is CN(C(=O)Nc1cccc(N)c1)c1ccccc1. The first kappa shape index (κ1) is 12.0. The molecule has 0 aliphatic rings. The molecule has 2 aromatic rings. The first-order chi connectivity index (χ1) is 8.66. The topological polar surface area (TPSA) is 58.4 Å². The largest absolute Gasteiger partial charge is 0.399 e. The van der Waals surface area contributed by atoms with Crippen molar-refractivity contribution in [1.29, 1.82) is 0 Å². The summed E-state index contributed by atoms with van der Waals surface area (Å²) >= 11 is 0. The van der Waals surface area contributed by atoms with Crippen LogP contribution < -0.4 is 16.0 Å². The van der Waals surface area contributed by atoms with Crippen molar-refractivity contribution in [1.82, 2.24) is 0 Å². The number of carbonyl (C=O) groups is 1. The molecule has 0 aliphatic heterocycles. The van der Waals surface area contributed by atoms with Crippen LogP contribution in [0, 0.1) is 0 Å². The molecule has 0 atom stereocenters. The van der Waals surface area contributed by atoms with E-state index in [0.717, 1.165) is 5.69 Å². The number of urea groups is 1. The zero-order chi connectivity index (χ0) is 13.0. The zero-order valence-corrected chi connectivity index (χ0v) is 10.1. The van der Waals surface area contributed by atoms with E-state index in [2.05, 4.69) is 5.32 Å². The molecule has 92 valence electrons. The van der Waals surface area contributed by atoms with Gasteiger partial charge in [0.15, 0.2) is 0 Å². The van der Waals surface area contributed by atoms with E-state index in [1.54, 1.807) is 36.2 Å². The third-order valence-corrected chi connectivity index (χ3v) is 2.59. The molecule has 18 heavy (non-hydrogen) atoms. The quantitative estimate of drug-likeness (QED) is 0.794. The van der Waals surface area contributed by atoms with Gasteiger partial charge in [0, 0.05) is 24.1 Å². The molecule has 0 unspecified atom stereocenters. The van der Waals surface area contributed by atoms with Crippen LogP contribution in [0.2, 0.25) is 0 Å². The van der Waals surface area contributed by atoms with Crippen LogP contribution in [0.25, 0.3) is 0 Å². The number of rotatable bonds is 2. The highest BCUT2D eigenvalue weighted by Gasteiger charge is 2.10. The van der Waals surface area contributed by atoms with Crippen LogP contribution in [0.1, 0.15) is 0 Å². The Bertz CT molecular complexity index is 540. The molecule has 0 aromatic heterocycles. The van der Waals surface area contributed by atoms with Crippen LogP contribution >= 0.6 is 0 Å². The average Bonchev–Trinajstić information content (AvgIpc) is 2.39. The molecule has 4 nitrogen and oxygen atoms in total. The second-order valence-corrected chi connectivity index (χ2v) is 3.95. The van der Waals surface area contributed by atoms with Crippen molar-refractivity contribution in [3.8, 4) is 0 Å². The van der Waals surface area contributed by atoms with Gasteiger partial charge in [0.25, 0.3) is 0 Å². The first-order valence-electron chi connectivity index (χ1n) is 5.62. The number of carbonyl (C=O) groups excluding carboxylic acids is 1. The Labute approximate surface area is 106 Å². The fraction of sp³-hybridized carbons (Fsp3) is 0.0714. The highest BCUT2D eigenvalue weighted by molar-refractivity contribution is 6.01. The van der Waals surface area contributed by atoms with Crippen LogP contribution in [-0.4, -0.2) is 13.1 Å². The molecule has 3 N–H and O–H groups in total. The Morgan fingerprint density at radius 2 is 1.83 bits per heavy atom. The van der Waals surface area contributed by atoms with E-state index in [4.69, 9.17) is 5.73 Å². The number of hydrogen-bond donors (Lipinski definition) is 2. The summed E-state index contributed by atoms with van der Waals surface area (Å²) in [7, 11) is 1.72. The van der Waals surface area contributed by atoms with Gasteiger partial charge >= 0.3 is 6.03 Å². The molecular formula is C14H15N3O. The van der Waals surface area contributed by atoms with Gasteiger partial charge in [-0.15, -0.1) is 0 Å². The summed E-state index contributed by atoms with van der Waals surface area (Å²) in [6, 6.07) is 16.3. The number of nitrogen functional groups attached to an aromatic ring is 1. The van der Waals surface area contributed by atoms with Crippen molar-refractivity contribution in [2.75, 3.05) is 23.0 Å². The summed E-state index contributed by atoms with van der Waals surface area (Å²) in [5, 5.41) is 2.79. The second kappa shape index (κ2) is 5.23. The minimum Gasteiger partial charge on any atom is -0.399 e. The summed E-state index contributed by atoms with van der Waals surface area (Å²) in [5.41, 5.74) is 7.79. The Hall–Kier alpha value is -2.49. The number of hydrogen-bond acceptors (Lipinski definition) is 2. The maximum absolute atomic E-state index is 12.0. The molecule has 2 aromatic carbocycles. The Kier molecular flexibility index (Phi) is 3.48. The second-order valence-electron chi connectivity index (χ2n) is 3.95. The maximum atomic E-state index is 12.0. The fourth-order valence-corrected chi connectivity index (χ4v) is 1.59. The van der Waals surface area contributed by atoms with E-state index in [1.807, 2.05) is 30.3 Å². The van der Waals surface area contributed by atoms with Gasteiger partial charge < -0.3 is 11.1 Å². The first-order valence-corrected chi connectivity index (χ1v) is 5.62. The molecule has 0 saturated heterocycles. The predicted octanol–water partition coefficient (Wildman–Crippen LogP) is 2.94. The van der Waals surface area contributed by atoms with Crippen LogP contribution in [0.5, 0.6) is 0 Å². The number of amides is 2. The standard InChI is InChI=1S/C14H15N3O/c1-17(13-8-3-2-4-9-13)14(18)16-12-7-5-6-11(15)10-12/h2-10H,15H2,1H3,(H,16,18). The van der Waals surface area contributed by atoms with E-state index < -0.39 is 0 Å². The molecule has 4 heteroatoms. The number of nitrogens with one attached hydrogen (secondary N) is 1. The van der Waals surface area contributed by atoms with Crippen LogP contribution in [0.4, 0.5) is 21.9 Å². The van der Waals surface area contributed by atoms with Crippen molar-refractivity contribution in [2.24, 2.45) is 0 Å². The van der Waals surface area contributed by atoms with Gasteiger partial charge in [0.2, 0.25) is 0 Å². The van der Waals surface area contributed by atoms with Gasteiger partial charge in [-0.2, -0.15) is 0 Å². The molecule has 0 bridgehead atoms. The summed E-state index contributed by atoms with van der Waals surface area (Å²) in [5.74, 6) is 0. The average molecular weight is 241 g/mol. The lowest BCUT2D eigenvalue weighted by molar-refractivity contribution is 0.258. The van der Waals surface area contributed by atoms with Gasteiger partial charge in [0.05, 0.1) is 0 Å². The minimum atomic E-state index is -0.202. The maximum Gasteiger partial charge on any atom is 0.326 e. The number of para-hydroxylation sites is 1.